The second kappa shape index (κ2) is 11.9. The summed E-state index contributed by atoms with van der Waals surface area (Å²) in [5.41, 5.74) is 1.44. The number of carboxylic acid groups (broad SMARTS) is 1. The monoisotopic (exact) mass is 507 g/mol. The van der Waals surface area contributed by atoms with Gasteiger partial charge in [0.25, 0.3) is 0 Å². The Bertz CT molecular complexity index is 944. The van der Waals surface area contributed by atoms with Gasteiger partial charge in [-0.1, -0.05) is 18.9 Å². The summed E-state index contributed by atoms with van der Waals surface area (Å²) in [6, 6.07) is 4.52. The van der Waals surface area contributed by atoms with E-state index < -0.39 is 28.7 Å². The lowest BCUT2D eigenvalue weighted by molar-refractivity contribution is -0.143. The number of nitrogens with one attached hydrogen (secondary N) is 2. The SMILES string of the molecule is CSCC[C@H](S)C(=O)NC1(C(=O)NC(Cc2ccc(-c3ccsc3)nc2)C(=O)O)CCCC1. The van der Waals surface area contributed by atoms with Crippen molar-refractivity contribution in [2.75, 3.05) is 12.0 Å². The fourth-order valence-corrected chi connectivity index (χ4v) is 5.41. The standard InChI is InChI=1S/C23H29N3O4S3/c1-32-10-7-19(31)20(27)26-23(8-2-3-9-23)22(30)25-18(21(28)29)12-15-4-5-17(24-13-15)16-6-11-33-14-16/h4-6,11,13-14,18-19,31H,2-3,7-10,12H2,1H3,(H,25,30)(H,26,27)(H,28,29)/t18?,19-/m0/s1. The second-order valence-electron chi connectivity index (χ2n) is 8.21. The molecule has 178 valence electrons. The quantitative estimate of drug-likeness (QED) is 0.347. The number of hydrogen-bond donors (Lipinski definition) is 4. The Morgan fingerprint density at radius 2 is 2.03 bits per heavy atom. The number of pyridine rings is 1. The molecule has 2 heterocycles. The average Bonchev–Trinajstić information content (AvgIpc) is 3.50. The van der Waals surface area contributed by atoms with Crippen molar-refractivity contribution in [3.63, 3.8) is 0 Å². The summed E-state index contributed by atoms with van der Waals surface area (Å²) in [6.45, 7) is 0. The van der Waals surface area contributed by atoms with E-state index in [2.05, 4.69) is 28.2 Å². The van der Waals surface area contributed by atoms with E-state index in [1.54, 1.807) is 29.3 Å². The van der Waals surface area contributed by atoms with E-state index in [0.29, 0.717) is 24.8 Å². The van der Waals surface area contributed by atoms with Crippen LogP contribution in [-0.4, -0.2) is 56.7 Å². The fraction of sp³-hybridized carbons (Fsp3) is 0.478. The topological polar surface area (TPSA) is 108 Å². The number of thiol groups is 1. The van der Waals surface area contributed by atoms with Crippen molar-refractivity contribution < 1.29 is 19.5 Å². The molecule has 1 fully saturated rings. The first-order valence-corrected chi connectivity index (χ1v) is 13.7. The molecule has 1 unspecified atom stereocenters. The number of carboxylic acids is 1. The molecule has 0 aromatic carbocycles. The lowest BCUT2D eigenvalue weighted by atomic mass is 9.94. The van der Waals surface area contributed by atoms with Crippen LogP contribution in [0.2, 0.25) is 0 Å². The van der Waals surface area contributed by atoms with Gasteiger partial charge in [0.2, 0.25) is 11.8 Å². The molecular formula is C23H29N3O4S3. The maximum atomic E-state index is 13.2. The van der Waals surface area contributed by atoms with Crippen LogP contribution in [0.4, 0.5) is 0 Å². The molecule has 2 aromatic rings. The van der Waals surface area contributed by atoms with Crippen LogP contribution < -0.4 is 10.6 Å². The van der Waals surface area contributed by atoms with Crippen molar-refractivity contribution in [2.24, 2.45) is 0 Å². The third kappa shape index (κ3) is 6.74. The lowest BCUT2D eigenvalue weighted by Gasteiger charge is -2.31. The molecule has 2 atom stereocenters. The summed E-state index contributed by atoms with van der Waals surface area (Å²) < 4.78 is 0. The number of hydrogen-bond acceptors (Lipinski definition) is 7. The summed E-state index contributed by atoms with van der Waals surface area (Å²) in [6.07, 6.45) is 6.85. The summed E-state index contributed by atoms with van der Waals surface area (Å²) in [5.74, 6) is -1.07. The van der Waals surface area contributed by atoms with E-state index >= 15 is 0 Å². The Kier molecular flexibility index (Phi) is 9.22. The smallest absolute Gasteiger partial charge is 0.326 e. The highest BCUT2D eigenvalue weighted by molar-refractivity contribution is 7.98. The Morgan fingerprint density at radius 1 is 1.27 bits per heavy atom. The van der Waals surface area contributed by atoms with E-state index in [1.807, 2.05) is 35.2 Å². The maximum absolute atomic E-state index is 13.2. The molecule has 0 bridgehead atoms. The number of thiophene rings is 1. The van der Waals surface area contributed by atoms with Crippen LogP contribution in [-0.2, 0) is 20.8 Å². The van der Waals surface area contributed by atoms with Crippen LogP contribution in [0.3, 0.4) is 0 Å². The Hall–Kier alpha value is -2.04. The number of nitrogens with zero attached hydrogens (tertiary/aromatic N) is 1. The van der Waals surface area contributed by atoms with Crippen LogP contribution in [0.5, 0.6) is 0 Å². The average molecular weight is 508 g/mol. The third-order valence-corrected chi connectivity index (χ3v) is 7.66. The van der Waals surface area contributed by atoms with Gasteiger partial charge >= 0.3 is 5.97 Å². The number of rotatable bonds is 11. The van der Waals surface area contributed by atoms with Gasteiger partial charge in [-0.25, -0.2) is 4.79 Å². The van der Waals surface area contributed by atoms with Crippen LogP contribution >= 0.6 is 35.7 Å². The van der Waals surface area contributed by atoms with Gasteiger partial charge in [-0.05, 0) is 54.3 Å². The number of amides is 2. The molecule has 3 rings (SSSR count). The van der Waals surface area contributed by atoms with Crippen molar-refractivity contribution in [3.05, 3.63) is 40.7 Å². The molecule has 0 radical (unpaired) electrons. The van der Waals surface area contributed by atoms with Crippen molar-refractivity contribution in [1.29, 1.82) is 0 Å². The zero-order valence-corrected chi connectivity index (χ0v) is 21.0. The van der Waals surface area contributed by atoms with Crippen LogP contribution in [0.15, 0.2) is 35.2 Å². The van der Waals surface area contributed by atoms with Gasteiger partial charge in [-0.3, -0.25) is 14.6 Å². The minimum Gasteiger partial charge on any atom is -0.480 e. The van der Waals surface area contributed by atoms with E-state index in [0.717, 1.165) is 29.9 Å². The van der Waals surface area contributed by atoms with Crippen LogP contribution in [0.25, 0.3) is 11.3 Å². The maximum Gasteiger partial charge on any atom is 0.326 e. The van der Waals surface area contributed by atoms with E-state index in [4.69, 9.17) is 0 Å². The Labute approximate surface area is 207 Å². The molecule has 2 aromatic heterocycles. The highest BCUT2D eigenvalue weighted by atomic mass is 32.2. The number of carbonyl (C=O) groups excluding carboxylic acids is 2. The molecule has 1 saturated carbocycles. The number of aliphatic carboxylic acids is 1. The number of carbonyl (C=O) groups is 3. The fourth-order valence-electron chi connectivity index (χ4n) is 3.93. The Balaban J connectivity index is 1.67. The molecule has 2 amide bonds. The first-order valence-electron chi connectivity index (χ1n) is 10.8. The van der Waals surface area contributed by atoms with Gasteiger partial charge in [0.15, 0.2) is 0 Å². The molecule has 10 heteroatoms. The minimum atomic E-state index is -1.13. The zero-order valence-electron chi connectivity index (χ0n) is 18.5. The van der Waals surface area contributed by atoms with Crippen LogP contribution in [0, 0.1) is 0 Å². The predicted octanol–water partition coefficient (Wildman–Crippen LogP) is 3.40. The second-order valence-corrected chi connectivity index (χ2v) is 10.6. The van der Waals surface area contributed by atoms with Gasteiger partial charge in [0.05, 0.1) is 10.9 Å². The largest absolute Gasteiger partial charge is 0.480 e. The molecule has 7 nitrogen and oxygen atoms in total. The zero-order chi connectivity index (χ0) is 23.8. The van der Waals surface area contributed by atoms with Crippen molar-refractivity contribution in [2.45, 2.75) is 55.4 Å². The van der Waals surface area contributed by atoms with Gasteiger partial charge < -0.3 is 15.7 Å². The molecule has 0 saturated heterocycles. The normalized spacial score (nSPS) is 16.7. The van der Waals surface area contributed by atoms with Gasteiger partial charge in [-0.2, -0.15) is 35.7 Å². The summed E-state index contributed by atoms with van der Waals surface area (Å²) in [4.78, 5) is 42.2. The molecule has 33 heavy (non-hydrogen) atoms. The summed E-state index contributed by atoms with van der Waals surface area (Å²) in [7, 11) is 0. The Morgan fingerprint density at radius 3 is 2.61 bits per heavy atom. The molecule has 3 N–H and O–H groups in total. The highest BCUT2D eigenvalue weighted by Crippen LogP contribution is 2.31. The first-order chi connectivity index (χ1) is 15.8. The van der Waals surface area contributed by atoms with Crippen molar-refractivity contribution in [1.82, 2.24) is 15.6 Å². The summed E-state index contributed by atoms with van der Waals surface area (Å²) >= 11 is 7.59. The number of thioether (sulfide) groups is 1. The van der Waals surface area contributed by atoms with Crippen LogP contribution in [0.1, 0.15) is 37.7 Å². The summed E-state index contributed by atoms with van der Waals surface area (Å²) in [5, 5.41) is 18.8. The van der Waals surface area contributed by atoms with Gasteiger partial charge in [0, 0.05) is 23.6 Å². The highest BCUT2D eigenvalue weighted by Gasteiger charge is 2.44. The molecule has 1 aliphatic carbocycles. The lowest BCUT2D eigenvalue weighted by Crippen LogP contribution is -2.61. The third-order valence-electron chi connectivity index (χ3n) is 5.84. The molecule has 0 aliphatic heterocycles. The molecular weight excluding hydrogens is 478 g/mol. The van der Waals surface area contributed by atoms with Crippen molar-refractivity contribution in [3.8, 4) is 11.3 Å². The first kappa shape index (κ1) is 25.6. The van der Waals surface area contributed by atoms with E-state index in [9.17, 15) is 19.5 Å². The minimum absolute atomic E-state index is 0.102. The van der Waals surface area contributed by atoms with Crippen molar-refractivity contribution >= 4 is 53.5 Å². The number of aromatic nitrogens is 1. The molecule has 1 aliphatic rings. The molecule has 0 spiro atoms. The van der Waals surface area contributed by atoms with Gasteiger partial charge in [-0.15, -0.1) is 0 Å². The van der Waals surface area contributed by atoms with E-state index in [1.165, 1.54) is 0 Å². The van der Waals surface area contributed by atoms with E-state index in [-0.39, 0.29) is 12.3 Å². The van der Waals surface area contributed by atoms with Gasteiger partial charge in [0.1, 0.15) is 11.6 Å². The predicted molar refractivity (Wildman–Crippen MR) is 136 cm³/mol.